The highest BCUT2D eigenvalue weighted by Gasteiger charge is 2.23. The molecule has 6 N–H and O–H groups in total. The number of aliphatic imine (C=N–C) groups is 2. The number of hydrogen-bond donors (Lipinski definition) is 5. The van der Waals surface area contributed by atoms with E-state index in [1.165, 1.54) is 0 Å². The van der Waals surface area contributed by atoms with Gasteiger partial charge in [0.05, 0.1) is 35.1 Å². The average molecular weight is 672 g/mol. The zero-order valence-corrected chi connectivity index (χ0v) is 28.6. The first-order chi connectivity index (χ1) is 24.3. The molecular formula is C35H41N15. The molecule has 0 fully saturated rings. The van der Waals surface area contributed by atoms with Crippen molar-refractivity contribution in [2.75, 3.05) is 29.0 Å². The quantitative estimate of drug-likeness (QED) is 0.112. The fraction of sp³-hybridized carbons (Fsp3) is 0.286. The van der Waals surface area contributed by atoms with E-state index in [2.05, 4.69) is 51.9 Å². The number of amidine groups is 2. The lowest BCUT2D eigenvalue weighted by Crippen LogP contribution is -2.29. The van der Waals surface area contributed by atoms with Crippen molar-refractivity contribution >= 4 is 51.4 Å². The molecule has 256 valence electrons. The van der Waals surface area contributed by atoms with Crippen molar-refractivity contribution in [1.29, 1.82) is 5.41 Å². The number of aromatic nitrogens is 8. The van der Waals surface area contributed by atoms with Gasteiger partial charge in [0.25, 0.3) is 0 Å². The summed E-state index contributed by atoms with van der Waals surface area (Å²) in [5, 5.41) is 29.0. The van der Waals surface area contributed by atoms with Crippen LogP contribution in [0.3, 0.4) is 0 Å². The lowest BCUT2D eigenvalue weighted by Gasteiger charge is -2.16. The van der Waals surface area contributed by atoms with Gasteiger partial charge in [0.2, 0.25) is 0 Å². The fourth-order valence-electron chi connectivity index (χ4n) is 5.83. The molecule has 0 amide bonds. The van der Waals surface area contributed by atoms with Gasteiger partial charge in [0, 0.05) is 62.4 Å². The SMILES string of the molecule is Cc1ccc2c(N=C3N=C(Nc4c(NCCCn5ccnc5)nn5c(C)c(C)ccc45)C(=N)C=C3N)c(NCCCn3ccnc3)nn2c1C. The minimum absolute atomic E-state index is 0.139. The van der Waals surface area contributed by atoms with Crippen LogP contribution in [0.15, 0.2) is 83.5 Å². The van der Waals surface area contributed by atoms with E-state index in [0.29, 0.717) is 41.9 Å². The van der Waals surface area contributed by atoms with Crippen LogP contribution in [0.5, 0.6) is 0 Å². The van der Waals surface area contributed by atoms with Crippen molar-refractivity contribution in [3.05, 3.63) is 96.0 Å². The zero-order valence-electron chi connectivity index (χ0n) is 28.6. The first-order valence-corrected chi connectivity index (χ1v) is 16.6. The van der Waals surface area contributed by atoms with Crippen molar-refractivity contribution in [1.82, 2.24) is 38.3 Å². The Morgan fingerprint density at radius 3 is 1.98 bits per heavy atom. The summed E-state index contributed by atoms with van der Waals surface area (Å²) in [5.41, 5.74) is 14.2. The maximum Gasteiger partial charge on any atom is 0.178 e. The third-order valence-electron chi connectivity index (χ3n) is 8.96. The predicted octanol–water partition coefficient (Wildman–Crippen LogP) is 5.03. The zero-order chi connectivity index (χ0) is 34.8. The highest BCUT2D eigenvalue weighted by molar-refractivity contribution is 6.52. The van der Waals surface area contributed by atoms with Crippen LogP contribution in [-0.2, 0) is 13.1 Å². The van der Waals surface area contributed by atoms with Crippen LogP contribution in [0.25, 0.3) is 11.0 Å². The molecule has 6 aromatic heterocycles. The summed E-state index contributed by atoms with van der Waals surface area (Å²) in [6, 6.07) is 8.16. The number of nitrogens with zero attached hydrogens (tertiary/aromatic N) is 10. The van der Waals surface area contributed by atoms with E-state index in [1.807, 2.05) is 69.2 Å². The van der Waals surface area contributed by atoms with Gasteiger partial charge in [-0.05, 0) is 69.9 Å². The van der Waals surface area contributed by atoms with Gasteiger partial charge in [-0.3, -0.25) is 5.41 Å². The van der Waals surface area contributed by atoms with Gasteiger partial charge in [-0.25, -0.2) is 29.0 Å². The van der Waals surface area contributed by atoms with Gasteiger partial charge in [0.15, 0.2) is 23.3 Å². The summed E-state index contributed by atoms with van der Waals surface area (Å²) in [7, 11) is 0. The number of fused-ring (bicyclic) bond motifs is 2. The molecule has 0 saturated carbocycles. The summed E-state index contributed by atoms with van der Waals surface area (Å²) in [6.45, 7) is 11.2. The van der Waals surface area contributed by atoms with Crippen LogP contribution < -0.4 is 21.7 Å². The number of nitrogens with one attached hydrogen (secondary N) is 4. The smallest absolute Gasteiger partial charge is 0.178 e. The Kier molecular flexibility index (Phi) is 8.85. The van der Waals surface area contributed by atoms with Crippen LogP contribution in [0.1, 0.15) is 35.4 Å². The maximum absolute atomic E-state index is 8.82. The van der Waals surface area contributed by atoms with Crippen LogP contribution in [0, 0.1) is 33.1 Å². The molecule has 1 aliphatic heterocycles. The van der Waals surface area contributed by atoms with E-state index in [-0.39, 0.29) is 11.5 Å². The topological polar surface area (TPSA) is 181 Å². The highest BCUT2D eigenvalue weighted by atomic mass is 15.3. The molecule has 7 rings (SSSR count). The van der Waals surface area contributed by atoms with E-state index in [9.17, 15) is 0 Å². The van der Waals surface area contributed by atoms with E-state index in [1.54, 1.807) is 18.5 Å². The van der Waals surface area contributed by atoms with E-state index in [0.717, 1.165) is 65.2 Å². The monoisotopic (exact) mass is 671 g/mol. The lowest BCUT2D eigenvalue weighted by molar-refractivity contribution is 0.659. The molecular weight excluding hydrogens is 630 g/mol. The number of imidazole rings is 2. The van der Waals surface area contributed by atoms with Crippen LogP contribution in [0.2, 0.25) is 0 Å². The second-order valence-corrected chi connectivity index (χ2v) is 12.4. The van der Waals surface area contributed by atoms with Crippen molar-refractivity contribution in [2.24, 2.45) is 15.7 Å². The van der Waals surface area contributed by atoms with E-state index < -0.39 is 0 Å². The van der Waals surface area contributed by atoms with E-state index in [4.69, 9.17) is 31.3 Å². The van der Waals surface area contributed by atoms with Crippen molar-refractivity contribution in [2.45, 2.75) is 53.6 Å². The number of nitrogens with two attached hydrogens (primary N) is 1. The number of hydrogen-bond acceptors (Lipinski definition) is 10. The molecule has 0 atom stereocenters. The highest BCUT2D eigenvalue weighted by Crippen LogP contribution is 2.33. The minimum Gasteiger partial charge on any atom is -0.396 e. The summed E-state index contributed by atoms with van der Waals surface area (Å²) in [4.78, 5) is 18.1. The molecule has 0 aliphatic carbocycles. The van der Waals surface area contributed by atoms with Crippen molar-refractivity contribution in [3.8, 4) is 0 Å². The Morgan fingerprint density at radius 2 is 1.36 bits per heavy atom. The molecule has 1 aliphatic rings. The normalized spacial score (nSPS) is 14.1. The predicted molar refractivity (Wildman–Crippen MR) is 198 cm³/mol. The largest absolute Gasteiger partial charge is 0.396 e. The molecule has 0 radical (unpaired) electrons. The van der Waals surface area contributed by atoms with Crippen molar-refractivity contribution in [3.63, 3.8) is 0 Å². The molecule has 6 aromatic rings. The third-order valence-corrected chi connectivity index (χ3v) is 8.96. The number of dihydropyridines is 1. The summed E-state index contributed by atoms with van der Waals surface area (Å²) in [5.74, 6) is 1.89. The second-order valence-electron chi connectivity index (χ2n) is 12.4. The number of anilines is 3. The summed E-state index contributed by atoms with van der Waals surface area (Å²) in [6.07, 6.45) is 14.4. The number of aryl methyl sites for hydroxylation is 6. The second kappa shape index (κ2) is 13.7. The first-order valence-electron chi connectivity index (χ1n) is 16.6. The van der Waals surface area contributed by atoms with Gasteiger partial charge in [0.1, 0.15) is 11.4 Å². The van der Waals surface area contributed by atoms with Crippen molar-refractivity contribution < 1.29 is 0 Å². The minimum atomic E-state index is 0.139. The standard InChI is InChI=1S/C35H41N15/c1-22-7-9-28-30(34(45-49(28)24(22)3)40-11-5-15-47-17-13-38-20-47)42-32-26(36)19-27(37)33(44-32)43-31-29-10-8-23(2)25(4)50(29)46-35(31)41-12-6-16-48-18-14-39-21-48/h7-10,13-14,17-21,36H,5-6,11-12,15-16,37H2,1-4H3,(H,40,45)(H,41,46)(H,42,43,44). The Balaban J connectivity index is 1.20. The maximum atomic E-state index is 8.82. The molecule has 15 nitrogen and oxygen atoms in total. The Morgan fingerprint density at radius 1 is 0.780 bits per heavy atom. The molecule has 0 bridgehead atoms. The summed E-state index contributed by atoms with van der Waals surface area (Å²) >= 11 is 0. The van der Waals surface area contributed by atoms with Crippen LogP contribution in [-0.4, -0.2) is 68.8 Å². The molecule has 15 heteroatoms. The molecule has 0 saturated heterocycles. The Bertz CT molecular complexity index is 2260. The number of rotatable bonds is 12. The lowest BCUT2D eigenvalue weighted by atomic mass is 10.2. The Labute approximate surface area is 289 Å². The third kappa shape index (κ3) is 6.44. The first kappa shape index (κ1) is 32.3. The van der Waals surface area contributed by atoms with Gasteiger partial charge < -0.3 is 30.8 Å². The van der Waals surface area contributed by atoms with Gasteiger partial charge in [-0.1, -0.05) is 12.1 Å². The average Bonchev–Trinajstić information content (AvgIpc) is 3.92. The summed E-state index contributed by atoms with van der Waals surface area (Å²) < 4.78 is 7.90. The van der Waals surface area contributed by atoms with Gasteiger partial charge in [-0.2, -0.15) is 0 Å². The molecule has 50 heavy (non-hydrogen) atoms. The number of pyridine rings is 2. The molecule has 0 spiro atoms. The Hall–Kier alpha value is -6.25. The molecule has 0 aromatic carbocycles. The van der Waals surface area contributed by atoms with E-state index >= 15 is 0 Å². The molecule has 7 heterocycles. The molecule has 0 unspecified atom stereocenters. The fourth-order valence-corrected chi connectivity index (χ4v) is 5.83. The van der Waals surface area contributed by atoms with Gasteiger partial charge >= 0.3 is 0 Å². The van der Waals surface area contributed by atoms with Crippen LogP contribution >= 0.6 is 0 Å². The van der Waals surface area contributed by atoms with Crippen LogP contribution in [0.4, 0.5) is 23.0 Å². The van der Waals surface area contributed by atoms with Gasteiger partial charge in [-0.15, -0.1) is 10.2 Å².